The summed E-state index contributed by atoms with van der Waals surface area (Å²) in [7, 11) is 0. The van der Waals surface area contributed by atoms with E-state index >= 15 is 0 Å². The number of guanidine groups is 2. The van der Waals surface area contributed by atoms with Crippen LogP contribution >= 0.6 is 0 Å². The van der Waals surface area contributed by atoms with Crippen molar-refractivity contribution in [2.45, 2.75) is 13.5 Å². The molecule has 0 atom stereocenters. The average Bonchev–Trinajstić information content (AvgIpc) is 3.16. The van der Waals surface area contributed by atoms with E-state index in [2.05, 4.69) is 57.7 Å². The number of aryl methyl sites for hydroxylation is 1. The summed E-state index contributed by atoms with van der Waals surface area (Å²) < 4.78 is 2.39. The SMILES string of the molecule is CCn1c2ccc(N3CCN(C(=N)N)CC3)cc2c2cc(N3CCN(C(=N)N)CC3)ccc21. The summed E-state index contributed by atoms with van der Waals surface area (Å²) in [6, 6.07) is 13.6. The van der Waals surface area contributed by atoms with Crippen LogP contribution in [0.25, 0.3) is 21.8 Å². The molecule has 0 spiro atoms. The monoisotopic (exact) mass is 447 g/mol. The van der Waals surface area contributed by atoms with E-state index in [-0.39, 0.29) is 11.9 Å². The molecular formula is C24H33N9. The maximum absolute atomic E-state index is 7.68. The third-order valence-electron chi connectivity index (χ3n) is 7.12. The molecule has 6 N–H and O–H groups in total. The molecule has 0 saturated carbocycles. The summed E-state index contributed by atoms with van der Waals surface area (Å²) in [4.78, 5) is 8.63. The number of nitrogens with zero attached hydrogens (tertiary/aromatic N) is 5. The van der Waals surface area contributed by atoms with Gasteiger partial charge in [0.25, 0.3) is 0 Å². The fraction of sp³-hybridized carbons (Fsp3) is 0.417. The summed E-state index contributed by atoms with van der Waals surface area (Å²) in [5, 5.41) is 17.9. The van der Waals surface area contributed by atoms with Gasteiger partial charge in [0, 0.05) is 92.1 Å². The van der Waals surface area contributed by atoms with Crippen LogP contribution in [-0.4, -0.2) is 78.6 Å². The fourth-order valence-electron chi connectivity index (χ4n) is 5.23. The van der Waals surface area contributed by atoms with E-state index in [1.165, 1.54) is 33.2 Å². The predicted molar refractivity (Wildman–Crippen MR) is 137 cm³/mol. The normalized spacial score (nSPS) is 17.2. The highest BCUT2D eigenvalue weighted by molar-refractivity contribution is 6.10. The first kappa shape index (κ1) is 21.2. The van der Waals surface area contributed by atoms with E-state index in [4.69, 9.17) is 22.3 Å². The first-order chi connectivity index (χ1) is 16.0. The Labute approximate surface area is 194 Å². The Morgan fingerprint density at radius 3 is 1.42 bits per heavy atom. The molecule has 0 unspecified atom stereocenters. The lowest BCUT2D eigenvalue weighted by Crippen LogP contribution is -2.50. The quantitative estimate of drug-likeness (QED) is 0.360. The zero-order chi connectivity index (χ0) is 23.1. The molecule has 2 fully saturated rings. The summed E-state index contributed by atoms with van der Waals surface area (Å²) in [5.41, 5.74) is 16.3. The van der Waals surface area contributed by atoms with Crippen molar-refractivity contribution in [3.8, 4) is 0 Å². The molecule has 0 amide bonds. The number of nitrogens with one attached hydrogen (secondary N) is 2. The predicted octanol–water partition coefficient (Wildman–Crippen LogP) is 1.85. The summed E-state index contributed by atoms with van der Waals surface area (Å²) in [5.74, 6) is 0.320. The number of hydrogen-bond donors (Lipinski definition) is 4. The van der Waals surface area contributed by atoms with Crippen LogP contribution in [0.5, 0.6) is 0 Å². The van der Waals surface area contributed by atoms with E-state index in [1.807, 2.05) is 9.80 Å². The van der Waals surface area contributed by atoms with Crippen molar-refractivity contribution < 1.29 is 0 Å². The highest BCUT2D eigenvalue weighted by Crippen LogP contribution is 2.35. The standard InChI is InChI=1S/C24H33N9/c1-2-33-21-5-3-17(29-7-11-31(12-8-29)23(25)26)15-19(21)20-16-18(4-6-22(20)33)30-9-13-32(14-10-30)24(27)28/h3-6,15-16H,2,7-14H2,1H3,(H3,25,26)(H3,27,28). The molecule has 0 aliphatic carbocycles. The second-order valence-electron chi connectivity index (χ2n) is 8.87. The van der Waals surface area contributed by atoms with Crippen LogP contribution in [-0.2, 0) is 6.54 Å². The number of hydrogen-bond acceptors (Lipinski definition) is 4. The summed E-state index contributed by atoms with van der Waals surface area (Å²) in [6.07, 6.45) is 0. The molecule has 1 aromatic heterocycles. The van der Waals surface area contributed by atoms with Gasteiger partial charge in [-0.2, -0.15) is 0 Å². The second kappa shape index (κ2) is 8.38. The second-order valence-corrected chi connectivity index (χ2v) is 8.87. The van der Waals surface area contributed by atoms with Gasteiger partial charge in [-0.15, -0.1) is 0 Å². The lowest BCUT2D eigenvalue weighted by molar-refractivity contribution is 0.380. The Morgan fingerprint density at radius 1 is 0.697 bits per heavy atom. The number of rotatable bonds is 3. The number of anilines is 2. The van der Waals surface area contributed by atoms with Gasteiger partial charge in [-0.05, 0) is 43.3 Å². The first-order valence-corrected chi connectivity index (χ1v) is 11.7. The van der Waals surface area contributed by atoms with Gasteiger partial charge >= 0.3 is 0 Å². The van der Waals surface area contributed by atoms with Crippen LogP contribution in [0.2, 0.25) is 0 Å². The van der Waals surface area contributed by atoms with Crippen LogP contribution < -0.4 is 21.3 Å². The molecular weight excluding hydrogens is 414 g/mol. The number of benzene rings is 2. The van der Waals surface area contributed by atoms with E-state index in [9.17, 15) is 0 Å². The number of nitrogens with two attached hydrogens (primary N) is 2. The molecule has 2 aliphatic heterocycles. The van der Waals surface area contributed by atoms with Crippen LogP contribution in [0.15, 0.2) is 36.4 Å². The molecule has 9 nitrogen and oxygen atoms in total. The van der Waals surface area contributed by atoms with Crippen molar-refractivity contribution in [2.75, 3.05) is 62.2 Å². The maximum atomic E-state index is 7.68. The van der Waals surface area contributed by atoms with Crippen LogP contribution in [0, 0.1) is 10.8 Å². The molecule has 5 rings (SSSR count). The molecule has 9 heteroatoms. The van der Waals surface area contributed by atoms with Crippen molar-refractivity contribution >= 4 is 45.1 Å². The van der Waals surface area contributed by atoms with Gasteiger partial charge in [-0.25, -0.2) is 0 Å². The Bertz CT molecular complexity index is 1110. The minimum Gasteiger partial charge on any atom is -0.370 e. The van der Waals surface area contributed by atoms with E-state index in [0.29, 0.717) is 0 Å². The summed E-state index contributed by atoms with van der Waals surface area (Å²) >= 11 is 0. The van der Waals surface area contributed by atoms with E-state index in [0.717, 1.165) is 58.9 Å². The average molecular weight is 448 g/mol. The van der Waals surface area contributed by atoms with Crippen LogP contribution in [0.4, 0.5) is 11.4 Å². The molecule has 2 aromatic carbocycles. The lowest BCUT2D eigenvalue weighted by Gasteiger charge is -2.36. The van der Waals surface area contributed by atoms with Gasteiger partial charge in [-0.3, -0.25) is 10.8 Å². The maximum Gasteiger partial charge on any atom is 0.188 e. The zero-order valence-corrected chi connectivity index (χ0v) is 19.2. The van der Waals surface area contributed by atoms with Gasteiger partial charge in [0.1, 0.15) is 0 Å². The van der Waals surface area contributed by atoms with Crippen molar-refractivity contribution in [3.63, 3.8) is 0 Å². The molecule has 33 heavy (non-hydrogen) atoms. The largest absolute Gasteiger partial charge is 0.370 e. The minimum absolute atomic E-state index is 0.160. The van der Waals surface area contributed by atoms with Crippen molar-refractivity contribution in [1.82, 2.24) is 14.4 Å². The first-order valence-electron chi connectivity index (χ1n) is 11.7. The van der Waals surface area contributed by atoms with Gasteiger partial charge in [0.15, 0.2) is 11.9 Å². The Hall–Kier alpha value is -3.62. The van der Waals surface area contributed by atoms with Crippen molar-refractivity contribution in [2.24, 2.45) is 11.5 Å². The third-order valence-corrected chi connectivity index (χ3v) is 7.12. The van der Waals surface area contributed by atoms with Crippen molar-refractivity contribution in [1.29, 1.82) is 10.8 Å². The molecule has 3 heterocycles. The van der Waals surface area contributed by atoms with E-state index in [1.54, 1.807) is 0 Å². The highest BCUT2D eigenvalue weighted by atomic mass is 15.3. The molecule has 174 valence electrons. The smallest absolute Gasteiger partial charge is 0.188 e. The molecule has 2 saturated heterocycles. The van der Waals surface area contributed by atoms with Gasteiger partial charge in [-0.1, -0.05) is 0 Å². The van der Waals surface area contributed by atoms with Crippen LogP contribution in [0.1, 0.15) is 6.92 Å². The van der Waals surface area contributed by atoms with Gasteiger partial charge in [0.2, 0.25) is 0 Å². The van der Waals surface area contributed by atoms with Gasteiger partial charge < -0.3 is 35.6 Å². The van der Waals surface area contributed by atoms with Crippen molar-refractivity contribution in [3.05, 3.63) is 36.4 Å². The Morgan fingerprint density at radius 2 is 1.09 bits per heavy atom. The Kier molecular flexibility index (Phi) is 5.39. The molecule has 2 aliphatic rings. The fourth-order valence-corrected chi connectivity index (χ4v) is 5.23. The lowest BCUT2D eigenvalue weighted by atomic mass is 10.1. The Balaban J connectivity index is 1.48. The van der Waals surface area contributed by atoms with E-state index < -0.39 is 0 Å². The molecule has 0 bridgehead atoms. The zero-order valence-electron chi connectivity index (χ0n) is 19.2. The van der Waals surface area contributed by atoms with Gasteiger partial charge in [0.05, 0.1) is 0 Å². The van der Waals surface area contributed by atoms with Crippen LogP contribution in [0.3, 0.4) is 0 Å². The minimum atomic E-state index is 0.160. The highest BCUT2D eigenvalue weighted by Gasteiger charge is 2.21. The molecule has 0 radical (unpaired) electrons. The number of fused-ring (bicyclic) bond motifs is 3. The topological polar surface area (TPSA) is 118 Å². The number of aromatic nitrogens is 1. The summed E-state index contributed by atoms with van der Waals surface area (Å²) in [6.45, 7) is 9.69. The third kappa shape index (κ3) is 3.77. The molecule has 3 aromatic rings. The number of piperazine rings is 2.